The van der Waals surface area contributed by atoms with E-state index >= 15 is 0 Å². The van der Waals surface area contributed by atoms with Crippen LogP contribution in [0.4, 0.5) is 0 Å². The van der Waals surface area contributed by atoms with Gasteiger partial charge in [-0.2, -0.15) is 0 Å². The van der Waals surface area contributed by atoms with Crippen molar-refractivity contribution in [2.45, 2.75) is 6.92 Å². The summed E-state index contributed by atoms with van der Waals surface area (Å²) < 4.78 is 15.6. The second kappa shape index (κ2) is 4.60. The first-order valence-corrected chi connectivity index (χ1v) is 7.64. The molecule has 0 saturated heterocycles. The van der Waals surface area contributed by atoms with Crippen molar-refractivity contribution >= 4 is 29.4 Å². The van der Waals surface area contributed by atoms with Crippen LogP contribution in [0.3, 0.4) is 0 Å². The Morgan fingerprint density at radius 2 is 1.60 bits per heavy atom. The molecular formula is C15H13O4P. The Morgan fingerprint density at radius 1 is 0.950 bits per heavy atom. The molecule has 3 aromatic rings. The smallest absolute Gasteiger partial charge is 0.404 e. The van der Waals surface area contributed by atoms with Crippen LogP contribution in [0.2, 0.25) is 0 Å². The summed E-state index contributed by atoms with van der Waals surface area (Å²) in [6.07, 6.45) is 0. The molecule has 102 valence electrons. The maximum atomic E-state index is 10.9. The maximum Gasteiger partial charge on any atom is 0.524 e. The Kier molecular flexibility index (Phi) is 3.02. The molecule has 0 aliphatic heterocycles. The van der Waals surface area contributed by atoms with Gasteiger partial charge in [0.05, 0.1) is 0 Å². The molecule has 0 radical (unpaired) electrons. The molecule has 3 aromatic carbocycles. The van der Waals surface area contributed by atoms with E-state index in [1.165, 1.54) is 0 Å². The van der Waals surface area contributed by atoms with Gasteiger partial charge in [0.25, 0.3) is 0 Å². The lowest BCUT2D eigenvalue weighted by Gasteiger charge is -2.11. The van der Waals surface area contributed by atoms with Gasteiger partial charge < -0.3 is 4.52 Å². The van der Waals surface area contributed by atoms with Crippen molar-refractivity contribution < 1.29 is 18.9 Å². The third kappa shape index (κ3) is 2.54. The average Bonchev–Trinajstić information content (AvgIpc) is 2.35. The van der Waals surface area contributed by atoms with E-state index in [0.717, 1.165) is 27.1 Å². The number of benzene rings is 3. The van der Waals surface area contributed by atoms with Crippen LogP contribution in [0.1, 0.15) is 5.56 Å². The minimum absolute atomic E-state index is 0.179. The zero-order chi connectivity index (χ0) is 14.3. The molecule has 0 bridgehead atoms. The van der Waals surface area contributed by atoms with Gasteiger partial charge in [-0.25, -0.2) is 4.57 Å². The Labute approximate surface area is 115 Å². The van der Waals surface area contributed by atoms with Gasteiger partial charge in [-0.05, 0) is 58.3 Å². The SMILES string of the molecule is Cc1cc(OP(=O)(O)O)cc2cc3ccccc3cc12. The van der Waals surface area contributed by atoms with Crippen LogP contribution in [0.15, 0.2) is 48.5 Å². The maximum absolute atomic E-state index is 10.9. The first-order chi connectivity index (χ1) is 9.42. The molecule has 0 amide bonds. The molecule has 0 spiro atoms. The lowest BCUT2D eigenvalue weighted by atomic mass is 10.00. The molecule has 0 heterocycles. The number of fused-ring (bicyclic) bond motifs is 2. The second-order valence-corrected chi connectivity index (χ2v) is 5.91. The second-order valence-electron chi connectivity index (χ2n) is 4.74. The number of aryl methyl sites for hydroxylation is 1. The van der Waals surface area contributed by atoms with Crippen molar-refractivity contribution in [1.82, 2.24) is 0 Å². The van der Waals surface area contributed by atoms with Crippen LogP contribution in [-0.2, 0) is 4.57 Å². The van der Waals surface area contributed by atoms with Crippen LogP contribution >= 0.6 is 7.82 Å². The molecule has 20 heavy (non-hydrogen) atoms. The lowest BCUT2D eigenvalue weighted by molar-refractivity contribution is 0.283. The Hall–Kier alpha value is -1.87. The van der Waals surface area contributed by atoms with Gasteiger partial charge in [-0.15, -0.1) is 0 Å². The predicted molar refractivity (Wildman–Crippen MR) is 78.9 cm³/mol. The van der Waals surface area contributed by atoms with Gasteiger partial charge >= 0.3 is 7.82 Å². The highest BCUT2D eigenvalue weighted by Gasteiger charge is 2.16. The van der Waals surface area contributed by atoms with E-state index in [1.807, 2.05) is 37.3 Å². The van der Waals surface area contributed by atoms with Crippen molar-refractivity contribution in [3.8, 4) is 5.75 Å². The minimum atomic E-state index is -4.53. The minimum Gasteiger partial charge on any atom is -0.404 e. The molecule has 0 unspecified atom stereocenters. The summed E-state index contributed by atoms with van der Waals surface area (Å²) >= 11 is 0. The van der Waals surface area contributed by atoms with Gasteiger partial charge in [-0.3, -0.25) is 9.79 Å². The highest BCUT2D eigenvalue weighted by atomic mass is 31.2. The molecule has 0 aliphatic rings. The summed E-state index contributed by atoms with van der Waals surface area (Å²) in [7, 11) is -4.53. The van der Waals surface area contributed by atoms with Crippen molar-refractivity contribution in [1.29, 1.82) is 0 Å². The van der Waals surface area contributed by atoms with Crippen LogP contribution in [0.25, 0.3) is 21.5 Å². The number of phosphoric ester groups is 1. The largest absolute Gasteiger partial charge is 0.524 e. The van der Waals surface area contributed by atoms with Gasteiger partial charge in [0.1, 0.15) is 5.75 Å². The van der Waals surface area contributed by atoms with Crippen LogP contribution in [0.5, 0.6) is 5.75 Å². The average molecular weight is 288 g/mol. The third-order valence-corrected chi connectivity index (χ3v) is 3.67. The molecule has 0 saturated carbocycles. The van der Waals surface area contributed by atoms with E-state index in [1.54, 1.807) is 12.1 Å². The summed E-state index contributed by atoms with van der Waals surface area (Å²) in [6, 6.07) is 15.3. The fourth-order valence-electron chi connectivity index (χ4n) is 2.39. The highest BCUT2D eigenvalue weighted by molar-refractivity contribution is 7.46. The normalized spacial score (nSPS) is 11.9. The quantitative estimate of drug-likeness (QED) is 0.556. The fourth-order valence-corrected chi connectivity index (χ4v) is 2.77. The van der Waals surface area contributed by atoms with Crippen molar-refractivity contribution in [3.63, 3.8) is 0 Å². The molecule has 4 nitrogen and oxygen atoms in total. The number of hydrogen-bond acceptors (Lipinski definition) is 2. The molecule has 0 aliphatic carbocycles. The Bertz CT molecular complexity index is 851. The predicted octanol–water partition coefficient (Wildman–Crippen LogP) is 3.77. The first-order valence-electron chi connectivity index (χ1n) is 6.11. The summed E-state index contributed by atoms with van der Waals surface area (Å²) in [4.78, 5) is 17.8. The van der Waals surface area contributed by atoms with Crippen LogP contribution in [-0.4, -0.2) is 9.79 Å². The number of phosphoric acid groups is 1. The van der Waals surface area contributed by atoms with Gasteiger partial charge in [0.2, 0.25) is 0 Å². The van der Waals surface area contributed by atoms with E-state index in [2.05, 4.69) is 10.6 Å². The Morgan fingerprint density at radius 3 is 2.25 bits per heavy atom. The van der Waals surface area contributed by atoms with Crippen molar-refractivity contribution in [2.24, 2.45) is 0 Å². The van der Waals surface area contributed by atoms with E-state index in [9.17, 15) is 4.57 Å². The topological polar surface area (TPSA) is 66.8 Å². The van der Waals surface area contributed by atoms with Crippen LogP contribution < -0.4 is 4.52 Å². The number of hydrogen-bond donors (Lipinski definition) is 2. The number of rotatable bonds is 2. The molecular weight excluding hydrogens is 275 g/mol. The van der Waals surface area contributed by atoms with Crippen LogP contribution in [0, 0.1) is 6.92 Å². The molecule has 2 N–H and O–H groups in total. The lowest BCUT2D eigenvalue weighted by Crippen LogP contribution is -1.91. The van der Waals surface area contributed by atoms with E-state index in [0.29, 0.717) is 0 Å². The molecule has 5 heteroatoms. The third-order valence-electron chi connectivity index (χ3n) is 3.22. The summed E-state index contributed by atoms with van der Waals surface area (Å²) in [5, 5.41) is 4.15. The fraction of sp³-hybridized carbons (Fsp3) is 0.0667. The summed E-state index contributed by atoms with van der Waals surface area (Å²) in [5.74, 6) is 0.179. The van der Waals surface area contributed by atoms with E-state index < -0.39 is 7.82 Å². The zero-order valence-corrected chi connectivity index (χ0v) is 11.7. The molecule has 0 fully saturated rings. The zero-order valence-electron chi connectivity index (χ0n) is 10.8. The highest BCUT2D eigenvalue weighted by Crippen LogP contribution is 2.39. The summed E-state index contributed by atoms with van der Waals surface area (Å²) in [5.41, 5.74) is 0.914. The Balaban J connectivity index is 2.24. The standard InChI is InChI=1S/C15H13O4P/c1-10-6-14(19-20(16,17)18)8-13-7-11-4-2-3-5-12(11)9-15(10)13/h2-9H,1H3,(H2,16,17,18). The molecule has 3 rings (SSSR count). The van der Waals surface area contributed by atoms with Gasteiger partial charge in [0, 0.05) is 0 Å². The molecule has 0 atom stereocenters. The van der Waals surface area contributed by atoms with E-state index in [-0.39, 0.29) is 5.75 Å². The molecule has 0 aromatic heterocycles. The van der Waals surface area contributed by atoms with Gasteiger partial charge in [0.15, 0.2) is 0 Å². The summed E-state index contributed by atoms with van der Waals surface area (Å²) in [6.45, 7) is 1.89. The van der Waals surface area contributed by atoms with Gasteiger partial charge in [-0.1, -0.05) is 24.3 Å². The van der Waals surface area contributed by atoms with Crippen molar-refractivity contribution in [2.75, 3.05) is 0 Å². The monoisotopic (exact) mass is 288 g/mol. The van der Waals surface area contributed by atoms with E-state index in [4.69, 9.17) is 9.79 Å². The first kappa shape index (κ1) is 13.1. The van der Waals surface area contributed by atoms with Crippen molar-refractivity contribution in [3.05, 3.63) is 54.1 Å².